The van der Waals surface area contributed by atoms with Gasteiger partial charge in [0.15, 0.2) is 5.78 Å². The maximum absolute atomic E-state index is 14.2. The number of benzene rings is 1. The Hall–Kier alpha value is -1.72. The topological polar surface area (TPSA) is 45.3 Å². The summed E-state index contributed by atoms with van der Waals surface area (Å²) in [5.41, 5.74) is -0.0471. The van der Waals surface area contributed by atoms with Crippen LogP contribution in [-0.2, 0) is 4.74 Å². The number of carbonyl (C=O) groups excluding carboxylic acids is 1. The molecule has 0 radical (unpaired) electrons. The summed E-state index contributed by atoms with van der Waals surface area (Å²) in [6.07, 6.45) is 3.25. The van der Waals surface area contributed by atoms with Gasteiger partial charge in [0.05, 0.1) is 5.52 Å². The van der Waals surface area contributed by atoms with Crippen LogP contribution in [0.4, 0.5) is 4.39 Å². The third-order valence-corrected chi connectivity index (χ3v) is 4.35. The first-order chi connectivity index (χ1) is 10.6. The van der Waals surface area contributed by atoms with E-state index in [1.807, 2.05) is 14.0 Å². The lowest BCUT2D eigenvalue weighted by molar-refractivity contribution is -0.0562. The van der Waals surface area contributed by atoms with Gasteiger partial charge in [0.25, 0.3) is 0 Å². The van der Waals surface area contributed by atoms with Crippen molar-refractivity contribution >= 4 is 16.7 Å². The number of aromatic amines is 1. The highest BCUT2D eigenvalue weighted by Crippen LogP contribution is 2.30. The maximum atomic E-state index is 14.2. The molecule has 0 saturated carbocycles. The van der Waals surface area contributed by atoms with Gasteiger partial charge in [-0.25, -0.2) is 4.39 Å². The molecule has 2 aromatic rings. The Kier molecular flexibility index (Phi) is 4.02. The molecule has 2 heterocycles. The van der Waals surface area contributed by atoms with Crippen molar-refractivity contribution in [3.63, 3.8) is 0 Å². The predicted molar refractivity (Wildman–Crippen MR) is 83.7 cm³/mol. The SMILES string of the molecule is CCOC1(C(=O)c2cc(F)c3[nH]ccc3c2)CCCN(C)C1. The molecule has 22 heavy (non-hydrogen) atoms. The third-order valence-electron chi connectivity index (χ3n) is 4.35. The highest BCUT2D eigenvalue weighted by Gasteiger charge is 2.42. The van der Waals surface area contributed by atoms with Gasteiger partial charge in [-0.1, -0.05) is 0 Å². The summed E-state index contributed by atoms with van der Waals surface area (Å²) in [6, 6.07) is 4.83. The van der Waals surface area contributed by atoms with Gasteiger partial charge in [-0.3, -0.25) is 4.79 Å². The number of Topliss-reactive ketones (excluding diaryl/α,β-unsaturated/α-hetero) is 1. The van der Waals surface area contributed by atoms with Crippen LogP contribution in [0, 0.1) is 5.82 Å². The second-order valence-electron chi connectivity index (χ2n) is 6.00. The minimum Gasteiger partial charge on any atom is -0.366 e. The number of fused-ring (bicyclic) bond motifs is 1. The van der Waals surface area contributed by atoms with Gasteiger partial charge in [0, 0.05) is 30.3 Å². The number of aromatic nitrogens is 1. The summed E-state index contributed by atoms with van der Waals surface area (Å²) in [5.74, 6) is -0.524. The van der Waals surface area contributed by atoms with Gasteiger partial charge in [-0.05, 0) is 51.6 Å². The van der Waals surface area contributed by atoms with E-state index in [2.05, 4.69) is 9.88 Å². The Bertz CT molecular complexity index is 693. The molecule has 1 aliphatic heterocycles. The first-order valence-corrected chi connectivity index (χ1v) is 7.70. The highest BCUT2D eigenvalue weighted by atomic mass is 19.1. The quantitative estimate of drug-likeness (QED) is 0.883. The fourth-order valence-corrected chi connectivity index (χ4v) is 3.39. The number of piperidine rings is 1. The van der Waals surface area contributed by atoms with Crippen molar-refractivity contribution in [2.45, 2.75) is 25.4 Å². The van der Waals surface area contributed by atoms with Gasteiger partial charge in [0.1, 0.15) is 11.4 Å². The average molecular weight is 304 g/mol. The fraction of sp³-hybridized carbons (Fsp3) is 0.471. The number of ketones is 1. The van der Waals surface area contributed by atoms with Crippen molar-refractivity contribution in [3.8, 4) is 0 Å². The molecule has 1 saturated heterocycles. The number of H-pyrrole nitrogens is 1. The number of hydrogen-bond donors (Lipinski definition) is 1. The van der Waals surface area contributed by atoms with Crippen LogP contribution in [0.1, 0.15) is 30.1 Å². The number of carbonyl (C=O) groups is 1. The maximum Gasteiger partial charge on any atom is 0.196 e. The van der Waals surface area contributed by atoms with E-state index in [0.717, 1.165) is 13.0 Å². The molecule has 0 aliphatic carbocycles. The largest absolute Gasteiger partial charge is 0.366 e. The number of halogens is 1. The monoisotopic (exact) mass is 304 g/mol. The molecule has 0 bridgehead atoms. The lowest BCUT2D eigenvalue weighted by Crippen LogP contribution is -2.53. The van der Waals surface area contributed by atoms with Crippen molar-refractivity contribution < 1.29 is 13.9 Å². The number of rotatable bonds is 4. The standard InChI is InChI=1S/C17H21FN2O2/c1-3-22-17(6-4-8-20(2)11-17)16(21)13-9-12-5-7-19-15(12)14(18)10-13/h5,7,9-10,19H,3-4,6,8,11H2,1-2H3. The van der Waals surface area contributed by atoms with Crippen LogP contribution in [0.5, 0.6) is 0 Å². The van der Waals surface area contributed by atoms with E-state index in [1.54, 1.807) is 18.3 Å². The molecule has 3 rings (SSSR count). The molecule has 0 amide bonds. The molecule has 1 aromatic carbocycles. The van der Waals surface area contributed by atoms with Gasteiger partial charge in [-0.15, -0.1) is 0 Å². The molecule has 118 valence electrons. The normalized spacial score (nSPS) is 23.0. The van der Waals surface area contributed by atoms with Crippen LogP contribution in [0.15, 0.2) is 24.4 Å². The molecule has 1 aromatic heterocycles. The Morgan fingerprint density at radius 3 is 3.05 bits per heavy atom. The van der Waals surface area contributed by atoms with Gasteiger partial charge >= 0.3 is 0 Å². The smallest absolute Gasteiger partial charge is 0.196 e. The summed E-state index contributed by atoms with van der Waals surface area (Å²) in [6.45, 7) is 3.85. The van der Waals surface area contributed by atoms with E-state index in [1.165, 1.54) is 6.07 Å². The average Bonchev–Trinajstić information content (AvgIpc) is 2.95. The fourth-order valence-electron chi connectivity index (χ4n) is 3.39. The summed E-state index contributed by atoms with van der Waals surface area (Å²) in [4.78, 5) is 18.0. The van der Waals surface area contributed by atoms with Crippen molar-refractivity contribution in [2.24, 2.45) is 0 Å². The van der Waals surface area contributed by atoms with Gasteiger partial charge < -0.3 is 14.6 Å². The first-order valence-electron chi connectivity index (χ1n) is 7.70. The summed E-state index contributed by atoms with van der Waals surface area (Å²) in [5, 5.41) is 0.708. The number of hydrogen-bond acceptors (Lipinski definition) is 3. The minimum atomic E-state index is -0.863. The van der Waals surface area contributed by atoms with Gasteiger partial charge in [-0.2, -0.15) is 0 Å². The third kappa shape index (κ3) is 2.55. The number of nitrogens with one attached hydrogen (secondary N) is 1. The number of likely N-dealkylation sites (N-methyl/N-ethyl adjacent to an activating group) is 1. The Morgan fingerprint density at radius 1 is 1.50 bits per heavy atom. The minimum absolute atomic E-state index is 0.122. The Labute approximate surface area is 129 Å². The second kappa shape index (κ2) is 5.82. The molecule has 1 unspecified atom stereocenters. The summed E-state index contributed by atoms with van der Waals surface area (Å²) in [7, 11) is 1.98. The van der Waals surface area contributed by atoms with Crippen LogP contribution < -0.4 is 0 Å². The molecular weight excluding hydrogens is 283 g/mol. The van der Waals surface area contributed by atoms with E-state index in [9.17, 15) is 9.18 Å². The molecule has 1 N–H and O–H groups in total. The molecular formula is C17H21FN2O2. The van der Waals surface area contributed by atoms with Crippen LogP contribution in [0.2, 0.25) is 0 Å². The molecule has 1 atom stereocenters. The number of likely N-dealkylation sites (tertiary alicyclic amines) is 1. The zero-order valence-corrected chi connectivity index (χ0v) is 13.0. The summed E-state index contributed by atoms with van der Waals surface area (Å²) < 4.78 is 20.0. The zero-order chi connectivity index (χ0) is 15.7. The van der Waals surface area contributed by atoms with E-state index in [0.29, 0.717) is 36.0 Å². The molecule has 1 aliphatic rings. The van der Waals surface area contributed by atoms with Crippen LogP contribution in [0.3, 0.4) is 0 Å². The highest BCUT2D eigenvalue weighted by molar-refractivity contribution is 6.05. The van der Waals surface area contributed by atoms with Crippen LogP contribution in [0.25, 0.3) is 10.9 Å². The van der Waals surface area contributed by atoms with Crippen LogP contribution >= 0.6 is 0 Å². The molecule has 4 nitrogen and oxygen atoms in total. The predicted octanol–water partition coefficient (Wildman–Crippen LogP) is 2.99. The Morgan fingerprint density at radius 2 is 2.32 bits per heavy atom. The lowest BCUT2D eigenvalue weighted by Gasteiger charge is -2.40. The summed E-state index contributed by atoms with van der Waals surface area (Å²) >= 11 is 0. The van der Waals surface area contributed by atoms with Crippen molar-refractivity contribution in [2.75, 3.05) is 26.7 Å². The zero-order valence-electron chi connectivity index (χ0n) is 13.0. The van der Waals surface area contributed by atoms with Crippen LogP contribution in [-0.4, -0.2) is 48.0 Å². The van der Waals surface area contributed by atoms with Crippen molar-refractivity contribution in [3.05, 3.63) is 35.8 Å². The molecule has 0 spiro atoms. The lowest BCUT2D eigenvalue weighted by atomic mass is 9.84. The Balaban J connectivity index is 2.01. The second-order valence-corrected chi connectivity index (χ2v) is 6.00. The molecule has 5 heteroatoms. The van der Waals surface area contributed by atoms with E-state index < -0.39 is 11.4 Å². The number of ether oxygens (including phenoxy) is 1. The number of nitrogens with zero attached hydrogens (tertiary/aromatic N) is 1. The first kappa shape index (κ1) is 15.2. The molecule has 1 fully saturated rings. The van der Waals surface area contributed by atoms with E-state index in [4.69, 9.17) is 4.74 Å². The van der Waals surface area contributed by atoms with Gasteiger partial charge in [0.2, 0.25) is 0 Å². The van der Waals surface area contributed by atoms with E-state index >= 15 is 0 Å². The van der Waals surface area contributed by atoms with Crippen molar-refractivity contribution in [1.82, 2.24) is 9.88 Å². The van der Waals surface area contributed by atoms with Crippen molar-refractivity contribution in [1.29, 1.82) is 0 Å². The van der Waals surface area contributed by atoms with E-state index in [-0.39, 0.29) is 5.78 Å².